The van der Waals surface area contributed by atoms with Crippen molar-refractivity contribution in [2.75, 3.05) is 5.32 Å². The third kappa shape index (κ3) is 3.73. The first-order valence-corrected chi connectivity index (χ1v) is 8.44. The highest BCUT2D eigenvalue weighted by atomic mass is 16.5. The average molecular weight is 376 g/mol. The van der Waals surface area contributed by atoms with E-state index in [-0.39, 0.29) is 11.7 Å². The van der Waals surface area contributed by atoms with E-state index in [4.69, 9.17) is 9.26 Å². The number of anilines is 1. The van der Waals surface area contributed by atoms with Crippen LogP contribution in [0, 0.1) is 13.8 Å². The molecule has 0 atom stereocenters. The Morgan fingerprint density at radius 2 is 1.93 bits per heavy atom. The maximum absolute atomic E-state index is 12.0. The molecule has 28 heavy (non-hydrogen) atoms. The minimum atomic E-state index is -0.378. The van der Waals surface area contributed by atoms with Crippen molar-refractivity contribution in [2.45, 2.75) is 13.8 Å². The normalized spacial score (nSPS) is 10.6. The van der Waals surface area contributed by atoms with Crippen LogP contribution in [0.25, 0.3) is 5.82 Å². The molecule has 3 heterocycles. The van der Waals surface area contributed by atoms with E-state index in [9.17, 15) is 4.79 Å². The second-order valence-electron chi connectivity index (χ2n) is 6.01. The van der Waals surface area contributed by atoms with Crippen LogP contribution in [-0.4, -0.2) is 30.8 Å². The van der Waals surface area contributed by atoms with Crippen molar-refractivity contribution < 1.29 is 14.1 Å². The first kappa shape index (κ1) is 17.4. The maximum atomic E-state index is 12.0. The molecule has 0 aliphatic rings. The number of amides is 1. The Morgan fingerprint density at radius 3 is 2.61 bits per heavy atom. The van der Waals surface area contributed by atoms with Gasteiger partial charge in [0.1, 0.15) is 12.1 Å². The van der Waals surface area contributed by atoms with Crippen LogP contribution in [0.2, 0.25) is 0 Å². The van der Waals surface area contributed by atoms with Crippen LogP contribution in [0.1, 0.15) is 21.9 Å². The largest absolute Gasteiger partial charge is 0.439 e. The van der Waals surface area contributed by atoms with E-state index in [1.807, 2.05) is 19.9 Å². The number of rotatable bonds is 5. The van der Waals surface area contributed by atoms with Gasteiger partial charge in [-0.1, -0.05) is 5.16 Å². The summed E-state index contributed by atoms with van der Waals surface area (Å²) in [6.45, 7) is 3.87. The molecule has 4 rings (SSSR count). The van der Waals surface area contributed by atoms with Crippen LogP contribution in [-0.2, 0) is 0 Å². The van der Waals surface area contributed by atoms with Gasteiger partial charge in [0.2, 0.25) is 11.6 Å². The number of aryl methyl sites for hydroxylation is 2. The molecule has 0 unspecified atom stereocenters. The Labute approximate surface area is 160 Å². The number of nitrogens with zero attached hydrogens (tertiary/aromatic N) is 5. The number of aromatic nitrogens is 5. The zero-order chi connectivity index (χ0) is 19.5. The summed E-state index contributed by atoms with van der Waals surface area (Å²) in [5, 5.41) is 10.6. The van der Waals surface area contributed by atoms with Crippen LogP contribution in [0.15, 0.2) is 59.5 Å². The number of nitrogens with one attached hydrogen (secondary N) is 1. The monoisotopic (exact) mass is 376 g/mol. The van der Waals surface area contributed by atoms with E-state index in [0.717, 1.165) is 11.4 Å². The SMILES string of the molecule is Cc1cc(C)n(-c2cc(Oc3ccc(NC(=O)c4ccno4)cc3)ncn2)n1. The Morgan fingerprint density at radius 1 is 1.11 bits per heavy atom. The molecule has 1 amide bonds. The summed E-state index contributed by atoms with van der Waals surface area (Å²) in [6, 6.07) is 12.0. The summed E-state index contributed by atoms with van der Waals surface area (Å²) in [5.41, 5.74) is 2.47. The van der Waals surface area contributed by atoms with Gasteiger partial charge in [-0.25, -0.2) is 14.6 Å². The van der Waals surface area contributed by atoms with Crippen molar-refractivity contribution in [3.05, 3.63) is 72.1 Å². The summed E-state index contributed by atoms with van der Waals surface area (Å²) in [6.07, 6.45) is 2.83. The second kappa shape index (κ2) is 7.31. The standard InChI is InChI=1S/C19H16N6O3/c1-12-9-13(2)25(24-12)17-10-18(21-11-20-17)27-15-5-3-14(4-6-15)23-19(26)16-7-8-22-28-16/h3-11H,1-2H3,(H,23,26). The highest BCUT2D eigenvalue weighted by molar-refractivity contribution is 6.02. The summed E-state index contributed by atoms with van der Waals surface area (Å²) in [5.74, 6) is 1.33. The lowest BCUT2D eigenvalue weighted by Gasteiger charge is -2.08. The quantitative estimate of drug-likeness (QED) is 0.569. The van der Waals surface area contributed by atoms with Gasteiger partial charge < -0.3 is 14.6 Å². The summed E-state index contributed by atoms with van der Waals surface area (Å²) in [4.78, 5) is 20.3. The zero-order valence-corrected chi connectivity index (χ0v) is 15.2. The molecule has 0 aliphatic heterocycles. The van der Waals surface area contributed by atoms with E-state index in [2.05, 4.69) is 25.5 Å². The van der Waals surface area contributed by atoms with Gasteiger partial charge in [-0.15, -0.1) is 0 Å². The van der Waals surface area contributed by atoms with Crippen molar-refractivity contribution in [2.24, 2.45) is 0 Å². The first-order chi connectivity index (χ1) is 13.6. The number of hydrogen-bond donors (Lipinski definition) is 1. The van der Waals surface area contributed by atoms with Crippen molar-refractivity contribution in [3.63, 3.8) is 0 Å². The van der Waals surface area contributed by atoms with Gasteiger partial charge in [-0.2, -0.15) is 5.10 Å². The van der Waals surface area contributed by atoms with Gasteiger partial charge in [-0.05, 0) is 44.2 Å². The maximum Gasteiger partial charge on any atom is 0.294 e. The molecule has 0 radical (unpaired) electrons. The van der Waals surface area contributed by atoms with E-state index < -0.39 is 0 Å². The molecule has 0 fully saturated rings. The highest BCUT2D eigenvalue weighted by Gasteiger charge is 2.11. The van der Waals surface area contributed by atoms with E-state index in [0.29, 0.717) is 23.1 Å². The number of ether oxygens (including phenoxy) is 1. The molecule has 0 bridgehead atoms. The van der Waals surface area contributed by atoms with Crippen molar-refractivity contribution in [1.29, 1.82) is 0 Å². The summed E-state index contributed by atoms with van der Waals surface area (Å²) < 4.78 is 12.3. The molecule has 0 saturated heterocycles. The molecule has 3 aromatic heterocycles. The molecule has 140 valence electrons. The number of benzene rings is 1. The third-order valence-corrected chi connectivity index (χ3v) is 3.85. The smallest absolute Gasteiger partial charge is 0.294 e. The van der Waals surface area contributed by atoms with Crippen molar-refractivity contribution >= 4 is 11.6 Å². The summed E-state index contributed by atoms with van der Waals surface area (Å²) in [7, 11) is 0. The van der Waals surface area contributed by atoms with E-state index >= 15 is 0 Å². The van der Waals surface area contributed by atoms with Crippen LogP contribution in [0.3, 0.4) is 0 Å². The fourth-order valence-electron chi connectivity index (χ4n) is 2.62. The number of carbonyl (C=O) groups excluding carboxylic acids is 1. The molecule has 1 N–H and O–H groups in total. The van der Waals surface area contributed by atoms with Crippen LogP contribution < -0.4 is 10.1 Å². The lowest BCUT2D eigenvalue weighted by atomic mass is 10.3. The van der Waals surface area contributed by atoms with Gasteiger partial charge in [-0.3, -0.25) is 4.79 Å². The Balaban J connectivity index is 1.47. The predicted octanol–water partition coefficient (Wildman–Crippen LogP) is 3.31. The minimum absolute atomic E-state index is 0.137. The van der Waals surface area contributed by atoms with E-state index in [1.165, 1.54) is 18.6 Å². The van der Waals surface area contributed by atoms with Crippen LogP contribution >= 0.6 is 0 Å². The fraction of sp³-hybridized carbons (Fsp3) is 0.105. The first-order valence-electron chi connectivity index (χ1n) is 8.44. The van der Waals surface area contributed by atoms with Gasteiger partial charge in [0.05, 0.1) is 11.9 Å². The molecule has 0 saturated carbocycles. The third-order valence-electron chi connectivity index (χ3n) is 3.85. The second-order valence-corrected chi connectivity index (χ2v) is 6.01. The van der Waals surface area contributed by atoms with Gasteiger partial charge in [0, 0.05) is 23.5 Å². The van der Waals surface area contributed by atoms with Crippen LogP contribution in [0.4, 0.5) is 5.69 Å². The highest BCUT2D eigenvalue weighted by Crippen LogP contribution is 2.23. The lowest BCUT2D eigenvalue weighted by Crippen LogP contribution is -2.10. The van der Waals surface area contributed by atoms with Gasteiger partial charge >= 0.3 is 0 Å². The predicted molar refractivity (Wildman–Crippen MR) is 99.6 cm³/mol. The fourth-order valence-corrected chi connectivity index (χ4v) is 2.62. The number of carbonyl (C=O) groups is 1. The van der Waals surface area contributed by atoms with Crippen LogP contribution in [0.5, 0.6) is 11.6 Å². The van der Waals surface area contributed by atoms with E-state index in [1.54, 1.807) is 35.0 Å². The average Bonchev–Trinajstić information content (AvgIpc) is 3.33. The Hall–Kier alpha value is -4.01. The molecule has 1 aromatic carbocycles. The van der Waals surface area contributed by atoms with Crippen molar-refractivity contribution in [1.82, 2.24) is 24.9 Å². The molecular weight excluding hydrogens is 360 g/mol. The van der Waals surface area contributed by atoms with Crippen molar-refractivity contribution in [3.8, 4) is 17.4 Å². The molecular formula is C19H16N6O3. The van der Waals surface area contributed by atoms with Gasteiger partial charge in [0.25, 0.3) is 5.91 Å². The molecule has 0 spiro atoms. The molecule has 4 aromatic rings. The Bertz CT molecular complexity index is 1100. The topological polar surface area (TPSA) is 108 Å². The zero-order valence-electron chi connectivity index (χ0n) is 15.2. The molecule has 9 heteroatoms. The minimum Gasteiger partial charge on any atom is -0.439 e. The summed E-state index contributed by atoms with van der Waals surface area (Å²) >= 11 is 0. The molecule has 9 nitrogen and oxygen atoms in total. The molecule has 0 aliphatic carbocycles. The lowest BCUT2D eigenvalue weighted by molar-refractivity contribution is 0.0988. The van der Waals surface area contributed by atoms with Gasteiger partial charge in [0.15, 0.2) is 5.82 Å². The Kier molecular flexibility index (Phi) is 4.55. The number of hydrogen-bond acceptors (Lipinski definition) is 7.